The van der Waals surface area contributed by atoms with E-state index in [2.05, 4.69) is 36.4 Å². The number of alkyl halides is 1. The van der Waals surface area contributed by atoms with Gasteiger partial charge in [0.2, 0.25) is 0 Å². The lowest BCUT2D eigenvalue weighted by Gasteiger charge is -2.03. The largest absolute Gasteiger partial charge is 0.465 e. The minimum absolute atomic E-state index is 0.0598. The van der Waals surface area contributed by atoms with Gasteiger partial charge in [0.25, 0.3) is 0 Å². The third-order valence-electron chi connectivity index (χ3n) is 1.27. The van der Waals surface area contributed by atoms with E-state index in [1.807, 2.05) is 0 Å². The highest BCUT2D eigenvalue weighted by atomic mass is 127. The van der Waals surface area contributed by atoms with Gasteiger partial charge in [-0.1, -0.05) is 36.4 Å². The van der Waals surface area contributed by atoms with Crippen molar-refractivity contribution in [1.82, 2.24) is 0 Å². The summed E-state index contributed by atoms with van der Waals surface area (Å²) in [4.78, 5) is 10.9. The van der Waals surface area contributed by atoms with Crippen molar-refractivity contribution in [2.75, 3.05) is 11.0 Å². The van der Waals surface area contributed by atoms with E-state index in [-0.39, 0.29) is 5.97 Å². The molecule has 66 valence electrons. The predicted molar refractivity (Wildman–Crippen MR) is 53.9 cm³/mol. The summed E-state index contributed by atoms with van der Waals surface area (Å²) in [6.45, 7) is 4.76. The molecule has 2 nitrogen and oxygen atoms in total. The van der Waals surface area contributed by atoms with Gasteiger partial charge in [-0.3, -0.25) is 4.79 Å². The molecule has 0 saturated carbocycles. The van der Waals surface area contributed by atoms with Crippen LogP contribution in [0.5, 0.6) is 0 Å². The summed E-state index contributed by atoms with van der Waals surface area (Å²) >= 11 is 2.19. The standard InChI is InChI=1S/C8H15IO2/c1-7(2)3-4-8(10)11-6-5-9/h7H,3-6H2,1-2H3. The molecule has 0 spiro atoms. The number of halogens is 1. The molecule has 0 heterocycles. The van der Waals surface area contributed by atoms with Gasteiger partial charge in [0, 0.05) is 10.8 Å². The molecule has 0 amide bonds. The van der Waals surface area contributed by atoms with Crippen LogP contribution in [0.25, 0.3) is 0 Å². The molecule has 11 heavy (non-hydrogen) atoms. The molecule has 0 unspecified atom stereocenters. The van der Waals surface area contributed by atoms with Crippen LogP contribution in [-0.2, 0) is 9.53 Å². The van der Waals surface area contributed by atoms with Gasteiger partial charge in [-0.05, 0) is 12.3 Å². The number of ether oxygens (including phenoxy) is 1. The van der Waals surface area contributed by atoms with Crippen molar-refractivity contribution in [2.45, 2.75) is 26.7 Å². The average Bonchev–Trinajstić information content (AvgIpc) is 1.97. The van der Waals surface area contributed by atoms with Crippen LogP contribution in [-0.4, -0.2) is 17.0 Å². The van der Waals surface area contributed by atoms with E-state index in [4.69, 9.17) is 4.74 Å². The fraction of sp³-hybridized carbons (Fsp3) is 0.875. The number of carbonyl (C=O) groups excluding carboxylic acids is 1. The SMILES string of the molecule is CC(C)CCC(=O)OCCI. The summed E-state index contributed by atoms with van der Waals surface area (Å²) in [5, 5.41) is 0. The van der Waals surface area contributed by atoms with Crippen molar-refractivity contribution in [1.29, 1.82) is 0 Å². The second-order valence-electron chi connectivity index (χ2n) is 2.84. The van der Waals surface area contributed by atoms with Crippen LogP contribution >= 0.6 is 22.6 Å². The summed E-state index contributed by atoms with van der Waals surface area (Å²) < 4.78 is 5.78. The van der Waals surface area contributed by atoms with Crippen LogP contribution < -0.4 is 0 Å². The highest BCUT2D eigenvalue weighted by Gasteiger charge is 2.03. The molecule has 0 bridgehead atoms. The quantitative estimate of drug-likeness (QED) is 0.435. The third-order valence-corrected chi connectivity index (χ3v) is 1.71. The molecule has 0 aromatic rings. The number of hydrogen-bond acceptors (Lipinski definition) is 2. The summed E-state index contributed by atoms with van der Waals surface area (Å²) in [6.07, 6.45) is 1.49. The highest BCUT2D eigenvalue weighted by molar-refractivity contribution is 14.1. The average molecular weight is 270 g/mol. The number of esters is 1. The lowest BCUT2D eigenvalue weighted by Crippen LogP contribution is -2.07. The molecule has 0 aromatic heterocycles. The van der Waals surface area contributed by atoms with Crippen LogP contribution in [0.15, 0.2) is 0 Å². The van der Waals surface area contributed by atoms with Crippen LogP contribution in [0.2, 0.25) is 0 Å². The second-order valence-corrected chi connectivity index (χ2v) is 3.92. The van der Waals surface area contributed by atoms with Crippen molar-refractivity contribution < 1.29 is 9.53 Å². The molecule has 0 N–H and O–H groups in total. The van der Waals surface area contributed by atoms with Gasteiger partial charge in [0.1, 0.15) is 6.61 Å². The van der Waals surface area contributed by atoms with Gasteiger partial charge < -0.3 is 4.74 Å². The molecule has 0 aliphatic heterocycles. The zero-order valence-corrected chi connectivity index (χ0v) is 9.26. The number of hydrogen-bond donors (Lipinski definition) is 0. The number of carbonyl (C=O) groups is 1. The minimum Gasteiger partial charge on any atom is -0.465 e. The zero-order chi connectivity index (χ0) is 8.69. The van der Waals surface area contributed by atoms with Gasteiger partial charge in [-0.15, -0.1) is 0 Å². The molecule has 0 radical (unpaired) electrons. The molecule has 0 atom stereocenters. The van der Waals surface area contributed by atoms with Gasteiger partial charge in [0.15, 0.2) is 0 Å². The Labute approximate surface area is 81.8 Å². The second kappa shape index (κ2) is 6.88. The van der Waals surface area contributed by atoms with Crippen LogP contribution in [0.4, 0.5) is 0 Å². The first kappa shape index (κ1) is 11.2. The molecule has 0 fully saturated rings. The van der Waals surface area contributed by atoms with Gasteiger partial charge in [0.05, 0.1) is 0 Å². The van der Waals surface area contributed by atoms with Gasteiger partial charge in [-0.25, -0.2) is 0 Å². The lowest BCUT2D eigenvalue weighted by molar-refractivity contribution is -0.143. The summed E-state index contributed by atoms with van der Waals surface area (Å²) in [6, 6.07) is 0. The summed E-state index contributed by atoms with van der Waals surface area (Å²) in [5.74, 6) is 0.525. The van der Waals surface area contributed by atoms with Gasteiger partial charge in [-0.2, -0.15) is 0 Å². The Balaban J connectivity index is 3.23. The molecule has 0 aliphatic carbocycles. The summed E-state index contributed by atoms with van der Waals surface area (Å²) in [7, 11) is 0. The molecule has 0 rings (SSSR count). The molecule has 3 heteroatoms. The monoisotopic (exact) mass is 270 g/mol. The van der Waals surface area contributed by atoms with Crippen molar-refractivity contribution >= 4 is 28.6 Å². The smallest absolute Gasteiger partial charge is 0.305 e. The van der Waals surface area contributed by atoms with Crippen molar-refractivity contribution in [2.24, 2.45) is 5.92 Å². The predicted octanol–water partition coefficient (Wildman–Crippen LogP) is 2.40. The first-order valence-electron chi connectivity index (χ1n) is 3.88. The molecule has 0 saturated heterocycles. The zero-order valence-electron chi connectivity index (χ0n) is 7.10. The van der Waals surface area contributed by atoms with E-state index in [1.165, 1.54) is 0 Å². The fourth-order valence-corrected chi connectivity index (χ4v) is 0.851. The molecule has 0 aromatic carbocycles. The Morgan fingerprint density at radius 1 is 1.55 bits per heavy atom. The maximum atomic E-state index is 10.9. The normalized spacial score (nSPS) is 10.2. The summed E-state index contributed by atoms with van der Waals surface area (Å²) in [5.41, 5.74) is 0. The highest BCUT2D eigenvalue weighted by Crippen LogP contribution is 2.04. The Morgan fingerprint density at radius 2 is 2.18 bits per heavy atom. The molecular weight excluding hydrogens is 255 g/mol. The van der Waals surface area contributed by atoms with E-state index in [1.54, 1.807) is 0 Å². The Kier molecular flexibility index (Phi) is 7.01. The van der Waals surface area contributed by atoms with E-state index in [0.29, 0.717) is 18.9 Å². The Hall–Kier alpha value is 0.200. The van der Waals surface area contributed by atoms with Crippen LogP contribution in [0.3, 0.4) is 0 Å². The van der Waals surface area contributed by atoms with E-state index in [0.717, 1.165) is 10.8 Å². The molecule has 0 aliphatic rings. The van der Waals surface area contributed by atoms with Crippen molar-refractivity contribution in [3.63, 3.8) is 0 Å². The Bertz CT molecular complexity index is 113. The van der Waals surface area contributed by atoms with E-state index < -0.39 is 0 Å². The maximum absolute atomic E-state index is 10.9. The topological polar surface area (TPSA) is 26.3 Å². The van der Waals surface area contributed by atoms with Crippen LogP contribution in [0.1, 0.15) is 26.7 Å². The fourth-order valence-electron chi connectivity index (χ4n) is 0.631. The van der Waals surface area contributed by atoms with Gasteiger partial charge >= 0.3 is 5.97 Å². The van der Waals surface area contributed by atoms with Crippen LogP contribution in [0, 0.1) is 5.92 Å². The minimum atomic E-state index is -0.0598. The number of rotatable bonds is 5. The molecular formula is C8H15IO2. The first-order valence-corrected chi connectivity index (χ1v) is 5.41. The van der Waals surface area contributed by atoms with Crippen molar-refractivity contribution in [3.05, 3.63) is 0 Å². The third kappa shape index (κ3) is 8.10. The van der Waals surface area contributed by atoms with E-state index >= 15 is 0 Å². The Morgan fingerprint density at radius 3 is 2.64 bits per heavy atom. The van der Waals surface area contributed by atoms with Crippen molar-refractivity contribution in [3.8, 4) is 0 Å². The maximum Gasteiger partial charge on any atom is 0.305 e. The lowest BCUT2D eigenvalue weighted by atomic mass is 10.1. The van der Waals surface area contributed by atoms with E-state index in [9.17, 15) is 4.79 Å². The first-order chi connectivity index (χ1) is 5.16.